The second-order valence-electron chi connectivity index (χ2n) is 10.0. The van der Waals surface area contributed by atoms with Crippen molar-refractivity contribution in [3.63, 3.8) is 0 Å². The lowest BCUT2D eigenvalue weighted by atomic mass is 9.48. The van der Waals surface area contributed by atoms with Crippen molar-refractivity contribution in [3.05, 3.63) is 12.2 Å². The zero-order chi connectivity index (χ0) is 19.6. The van der Waals surface area contributed by atoms with Gasteiger partial charge in [0.1, 0.15) is 6.07 Å². The van der Waals surface area contributed by atoms with E-state index in [1.165, 1.54) is 37.5 Å². The molecule has 4 aliphatic rings. The fourth-order valence-corrected chi connectivity index (χ4v) is 7.25. The van der Waals surface area contributed by atoms with Crippen LogP contribution >= 0.6 is 0 Å². The Labute approximate surface area is 162 Å². The maximum absolute atomic E-state index is 12.8. The zero-order valence-electron chi connectivity index (χ0n) is 16.7. The second-order valence-corrected chi connectivity index (χ2v) is 10.0. The van der Waals surface area contributed by atoms with E-state index < -0.39 is 11.4 Å². The number of primary amides is 1. The number of amides is 2. The standard InChI is InChI=1S/C22H31N3O2/c1-20-10-4-5-15(20)14-6-7-17-21(2,16(14)8-11-20)12-9-18(26)25(17)22(3,13-23)19(24)27/h9,12,14-17H,4-8,10-11H2,1-3H3,(H2,24,27)/t14-,15-,16+,17?,20-,21+,22?/m0/s1. The van der Waals surface area contributed by atoms with Crippen LogP contribution in [0, 0.1) is 39.9 Å². The lowest BCUT2D eigenvalue weighted by Gasteiger charge is -2.61. The topological polar surface area (TPSA) is 87.2 Å². The molecule has 0 aromatic rings. The van der Waals surface area contributed by atoms with Crippen LogP contribution in [0.2, 0.25) is 0 Å². The van der Waals surface area contributed by atoms with Gasteiger partial charge in [-0.15, -0.1) is 0 Å². The van der Waals surface area contributed by atoms with Gasteiger partial charge in [0.25, 0.3) is 5.91 Å². The van der Waals surface area contributed by atoms with Crippen molar-refractivity contribution in [1.82, 2.24) is 4.90 Å². The SMILES string of the molecule is CC(C#N)(C(N)=O)N1C(=O)C=C[C@@]2(C)C1CC[C@@H]1[C@H]2CC[C@]2(C)CCC[C@@H]12. The summed E-state index contributed by atoms with van der Waals surface area (Å²) in [7, 11) is 0. The molecular weight excluding hydrogens is 338 g/mol. The minimum Gasteiger partial charge on any atom is -0.367 e. The van der Waals surface area contributed by atoms with Crippen molar-refractivity contribution in [2.24, 2.45) is 34.3 Å². The fourth-order valence-electron chi connectivity index (χ4n) is 7.25. The summed E-state index contributed by atoms with van der Waals surface area (Å²) in [4.78, 5) is 26.4. The van der Waals surface area contributed by atoms with Crippen molar-refractivity contribution in [3.8, 4) is 6.07 Å². The lowest BCUT2D eigenvalue weighted by Crippen LogP contribution is -2.68. The molecule has 0 saturated heterocycles. The van der Waals surface area contributed by atoms with Gasteiger partial charge in [-0.25, -0.2) is 0 Å². The molecule has 3 aliphatic carbocycles. The summed E-state index contributed by atoms with van der Waals surface area (Å²) in [6.45, 7) is 6.20. The van der Waals surface area contributed by atoms with Gasteiger partial charge in [0.15, 0.2) is 0 Å². The maximum atomic E-state index is 12.8. The van der Waals surface area contributed by atoms with Crippen LogP contribution in [0.1, 0.15) is 65.7 Å². The lowest BCUT2D eigenvalue weighted by molar-refractivity contribution is -0.154. The van der Waals surface area contributed by atoms with Crippen molar-refractivity contribution >= 4 is 11.8 Å². The van der Waals surface area contributed by atoms with E-state index in [2.05, 4.69) is 19.9 Å². The first-order valence-corrected chi connectivity index (χ1v) is 10.4. The summed E-state index contributed by atoms with van der Waals surface area (Å²) in [6.07, 6.45) is 12.0. The summed E-state index contributed by atoms with van der Waals surface area (Å²) in [6, 6.07) is 1.90. The highest BCUT2D eigenvalue weighted by atomic mass is 16.2. The zero-order valence-corrected chi connectivity index (χ0v) is 16.7. The number of carbonyl (C=O) groups is 2. The van der Waals surface area contributed by atoms with Gasteiger partial charge in [0, 0.05) is 11.5 Å². The molecule has 5 heteroatoms. The highest BCUT2D eigenvalue weighted by Crippen LogP contribution is 2.64. The first kappa shape index (κ1) is 18.5. The van der Waals surface area contributed by atoms with Crippen LogP contribution in [0.15, 0.2) is 12.2 Å². The molecular formula is C22H31N3O2. The monoisotopic (exact) mass is 369 g/mol. The summed E-state index contributed by atoms with van der Waals surface area (Å²) < 4.78 is 0. The van der Waals surface area contributed by atoms with Gasteiger partial charge in [-0.2, -0.15) is 5.26 Å². The van der Waals surface area contributed by atoms with Gasteiger partial charge in [-0.05, 0) is 74.7 Å². The number of nitrogens with zero attached hydrogens (tertiary/aromatic N) is 2. The Morgan fingerprint density at radius 2 is 2.00 bits per heavy atom. The Hall–Kier alpha value is -1.83. The predicted octanol–water partition coefficient (Wildman–Crippen LogP) is 3.15. The molecule has 0 aromatic heterocycles. The molecule has 1 aliphatic heterocycles. The first-order valence-electron chi connectivity index (χ1n) is 10.4. The van der Waals surface area contributed by atoms with E-state index in [1.807, 2.05) is 6.07 Å². The quantitative estimate of drug-likeness (QED) is 0.811. The third-order valence-electron chi connectivity index (χ3n) is 8.82. The van der Waals surface area contributed by atoms with Crippen molar-refractivity contribution in [1.29, 1.82) is 5.26 Å². The number of hydrogen-bond donors (Lipinski definition) is 1. The Morgan fingerprint density at radius 3 is 2.67 bits per heavy atom. The Balaban J connectivity index is 1.74. The van der Waals surface area contributed by atoms with Crippen LogP contribution in [-0.2, 0) is 9.59 Å². The normalized spacial score (nSPS) is 45.3. The molecule has 2 amide bonds. The third-order valence-corrected chi connectivity index (χ3v) is 8.82. The molecule has 3 saturated carbocycles. The van der Waals surface area contributed by atoms with Crippen LogP contribution in [0.3, 0.4) is 0 Å². The number of carbonyl (C=O) groups excluding carboxylic acids is 2. The van der Waals surface area contributed by atoms with Crippen molar-refractivity contribution in [2.75, 3.05) is 0 Å². The molecule has 7 atom stereocenters. The molecule has 0 radical (unpaired) electrons. The fraction of sp³-hybridized carbons (Fsp3) is 0.773. The van der Waals surface area contributed by atoms with Crippen molar-refractivity contribution < 1.29 is 9.59 Å². The summed E-state index contributed by atoms with van der Waals surface area (Å²) >= 11 is 0. The minimum atomic E-state index is -1.60. The molecule has 0 bridgehead atoms. The summed E-state index contributed by atoms with van der Waals surface area (Å²) in [5.41, 5.74) is 4.26. The molecule has 3 fully saturated rings. The van der Waals surface area contributed by atoms with Crippen LogP contribution in [0.25, 0.3) is 0 Å². The van der Waals surface area contributed by atoms with Gasteiger partial charge in [0.05, 0.1) is 0 Å². The highest BCUT2D eigenvalue weighted by molar-refractivity contribution is 5.97. The van der Waals surface area contributed by atoms with Gasteiger partial charge in [0.2, 0.25) is 11.4 Å². The van der Waals surface area contributed by atoms with E-state index in [1.54, 1.807) is 6.08 Å². The van der Waals surface area contributed by atoms with Crippen LogP contribution < -0.4 is 5.73 Å². The van der Waals surface area contributed by atoms with E-state index in [0.717, 1.165) is 25.2 Å². The average Bonchev–Trinajstić information content (AvgIpc) is 3.03. The molecule has 27 heavy (non-hydrogen) atoms. The molecule has 4 rings (SSSR count). The molecule has 0 aromatic carbocycles. The van der Waals surface area contributed by atoms with E-state index in [9.17, 15) is 14.9 Å². The molecule has 2 N–H and O–H groups in total. The first-order chi connectivity index (χ1) is 12.7. The Kier molecular flexibility index (Phi) is 4.00. The predicted molar refractivity (Wildman–Crippen MR) is 102 cm³/mol. The van der Waals surface area contributed by atoms with Crippen LogP contribution in [-0.4, -0.2) is 28.3 Å². The maximum Gasteiger partial charge on any atom is 0.257 e. The highest BCUT2D eigenvalue weighted by Gasteiger charge is 2.61. The minimum absolute atomic E-state index is 0.140. The largest absolute Gasteiger partial charge is 0.367 e. The molecule has 0 spiro atoms. The van der Waals surface area contributed by atoms with Crippen LogP contribution in [0.5, 0.6) is 0 Å². The van der Waals surface area contributed by atoms with Crippen molar-refractivity contribution in [2.45, 2.75) is 77.3 Å². The Bertz CT molecular complexity index is 755. The van der Waals surface area contributed by atoms with Gasteiger partial charge < -0.3 is 10.6 Å². The number of hydrogen-bond acceptors (Lipinski definition) is 3. The summed E-state index contributed by atoms with van der Waals surface area (Å²) in [5, 5.41) is 9.72. The van der Waals surface area contributed by atoms with Gasteiger partial charge in [-0.3, -0.25) is 9.59 Å². The third kappa shape index (κ3) is 2.35. The summed E-state index contributed by atoms with van der Waals surface area (Å²) in [5.74, 6) is 0.932. The number of nitrogens with two attached hydrogens (primary N) is 1. The molecule has 1 heterocycles. The molecule has 2 unspecified atom stereocenters. The van der Waals surface area contributed by atoms with Crippen LogP contribution in [0.4, 0.5) is 0 Å². The van der Waals surface area contributed by atoms with E-state index >= 15 is 0 Å². The number of rotatable bonds is 2. The van der Waals surface area contributed by atoms with Gasteiger partial charge in [-0.1, -0.05) is 26.3 Å². The smallest absolute Gasteiger partial charge is 0.257 e. The number of nitriles is 1. The van der Waals surface area contributed by atoms with E-state index in [4.69, 9.17) is 5.73 Å². The average molecular weight is 370 g/mol. The molecule has 5 nitrogen and oxygen atoms in total. The Morgan fingerprint density at radius 1 is 1.26 bits per heavy atom. The second kappa shape index (κ2) is 5.83. The molecule has 146 valence electrons. The van der Waals surface area contributed by atoms with E-state index in [-0.39, 0.29) is 17.4 Å². The van der Waals surface area contributed by atoms with E-state index in [0.29, 0.717) is 17.3 Å². The number of fused-ring (bicyclic) bond motifs is 5. The van der Waals surface area contributed by atoms with Gasteiger partial charge >= 0.3 is 0 Å².